The number of carbonyl (C=O) groups excluding carboxylic acids is 1. The van der Waals surface area contributed by atoms with Crippen LogP contribution >= 0.6 is 12.4 Å². The first kappa shape index (κ1) is 21.6. The summed E-state index contributed by atoms with van der Waals surface area (Å²) < 4.78 is 27.6. The largest absolute Gasteiger partial charge is 0.340 e. The molecule has 2 fully saturated rings. The van der Waals surface area contributed by atoms with Gasteiger partial charge in [-0.1, -0.05) is 6.07 Å². The minimum atomic E-state index is -3.47. The SMILES string of the molecule is CC1CN(C(=O)C2CCN(S(=O)(=O)c3ccc4c(c3)CCC4)CC2)CCN1.Cl. The third-order valence-electron chi connectivity index (χ3n) is 6.19. The highest BCUT2D eigenvalue weighted by Gasteiger charge is 2.35. The van der Waals surface area contributed by atoms with E-state index >= 15 is 0 Å². The molecule has 3 aliphatic rings. The van der Waals surface area contributed by atoms with Gasteiger partial charge in [0.05, 0.1) is 4.90 Å². The molecule has 1 aromatic rings. The number of halogens is 1. The Morgan fingerprint density at radius 2 is 1.82 bits per heavy atom. The molecule has 1 atom stereocenters. The first-order valence-electron chi connectivity index (χ1n) is 10.1. The van der Waals surface area contributed by atoms with Crippen molar-refractivity contribution in [3.8, 4) is 0 Å². The van der Waals surface area contributed by atoms with E-state index in [4.69, 9.17) is 0 Å². The first-order chi connectivity index (χ1) is 12.9. The topological polar surface area (TPSA) is 69.7 Å². The molecule has 6 nitrogen and oxygen atoms in total. The van der Waals surface area contributed by atoms with Gasteiger partial charge in [0, 0.05) is 44.7 Å². The fourth-order valence-corrected chi connectivity index (χ4v) is 6.11. The van der Waals surface area contributed by atoms with E-state index in [9.17, 15) is 13.2 Å². The van der Waals surface area contributed by atoms with E-state index in [2.05, 4.69) is 12.2 Å². The summed E-state index contributed by atoms with van der Waals surface area (Å²) in [6, 6.07) is 5.90. The van der Waals surface area contributed by atoms with E-state index in [-0.39, 0.29) is 24.2 Å². The summed E-state index contributed by atoms with van der Waals surface area (Å²) in [5, 5.41) is 3.35. The van der Waals surface area contributed by atoms with E-state index in [1.54, 1.807) is 10.4 Å². The minimum Gasteiger partial charge on any atom is -0.340 e. The minimum absolute atomic E-state index is 0. The zero-order chi connectivity index (χ0) is 19.0. The van der Waals surface area contributed by atoms with Gasteiger partial charge in [0.2, 0.25) is 15.9 Å². The third kappa shape index (κ3) is 4.22. The molecular weight excluding hydrogens is 398 g/mol. The number of nitrogens with zero attached hydrogens (tertiary/aromatic N) is 2. The van der Waals surface area contributed by atoms with E-state index in [1.807, 2.05) is 17.0 Å². The second-order valence-electron chi connectivity index (χ2n) is 8.10. The van der Waals surface area contributed by atoms with Crippen molar-refractivity contribution in [2.75, 3.05) is 32.7 Å². The van der Waals surface area contributed by atoms with Crippen LogP contribution in [0.1, 0.15) is 37.3 Å². The fraction of sp³-hybridized carbons (Fsp3) is 0.650. The maximum Gasteiger partial charge on any atom is 0.243 e. The Morgan fingerprint density at radius 1 is 1.11 bits per heavy atom. The van der Waals surface area contributed by atoms with E-state index in [1.165, 1.54) is 11.1 Å². The Kier molecular flexibility index (Phi) is 6.69. The summed E-state index contributed by atoms with van der Waals surface area (Å²) in [4.78, 5) is 15.1. The molecule has 1 amide bonds. The zero-order valence-electron chi connectivity index (χ0n) is 16.4. The van der Waals surface area contributed by atoms with Crippen LogP contribution in [0.3, 0.4) is 0 Å². The molecule has 2 heterocycles. The van der Waals surface area contributed by atoms with Gasteiger partial charge in [-0.25, -0.2) is 8.42 Å². The van der Waals surface area contributed by atoms with Crippen LogP contribution in [0, 0.1) is 5.92 Å². The summed E-state index contributed by atoms with van der Waals surface area (Å²) in [6.07, 6.45) is 4.35. The molecule has 1 N–H and O–H groups in total. The molecule has 0 radical (unpaired) electrons. The van der Waals surface area contributed by atoms with Crippen LogP contribution in [-0.4, -0.2) is 62.3 Å². The number of hydrogen-bond acceptors (Lipinski definition) is 4. The molecule has 8 heteroatoms. The highest BCUT2D eigenvalue weighted by atomic mass is 35.5. The van der Waals surface area contributed by atoms with Crippen molar-refractivity contribution >= 4 is 28.3 Å². The lowest BCUT2D eigenvalue weighted by molar-refractivity contribution is -0.137. The molecular formula is C20H30ClN3O3S. The molecule has 156 valence electrons. The summed E-state index contributed by atoms with van der Waals surface area (Å²) in [5.74, 6) is 0.139. The van der Waals surface area contributed by atoms with E-state index in [0.29, 0.717) is 36.9 Å². The third-order valence-corrected chi connectivity index (χ3v) is 8.09. The lowest BCUT2D eigenvalue weighted by atomic mass is 9.96. The summed E-state index contributed by atoms with van der Waals surface area (Å²) in [7, 11) is -3.47. The molecule has 2 aliphatic heterocycles. The molecule has 0 saturated carbocycles. The molecule has 0 bridgehead atoms. The predicted octanol–water partition coefficient (Wildman–Crippen LogP) is 1.82. The highest BCUT2D eigenvalue weighted by Crippen LogP contribution is 2.29. The molecule has 2 saturated heterocycles. The van der Waals surface area contributed by atoms with Crippen LogP contribution in [0.2, 0.25) is 0 Å². The normalized spacial score (nSPS) is 23.9. The number of carbonyl (C=O) groups is 1. The average Bonchev–Trinajstić information content (AvgIpc) is 3.15. The van der Waals surface area contributed by atoms with Crippen molar-refractivity contribution in [1.82, 2.24) is 14.5 Å². The van der Waals surface area contributed by atoms with Gasteiger partial charge in [0.1, 0.15) is 0 Å². The second kappa shape index (κ2) is 8.69. The molecule has 0 aromatic heterocycles. The fourth-order valence-electron chi connectivity index (χ4n) is 4.59. The van der Waals surface area contributed by atoms with Crippen molar-refractivity contribution in [3.63, 3.8) is 0 Å². The summed E-state index contributed by atoms with van der Waals surface area (Å²) >= 11 is 0. The van der Waals surface area contributed by atoms with Gasteiger partial charge in [0.15, 0.2) is 0 Å². The van der Waals surface area contributed by atoms with Crippen molar-refractivity contribution in [2.45, 2.75) is 50.0 Å². The molecule has 0 spiro atoms. The average molecular weight is 428 g/mol. The van der Waals surface area contributed by atoms with Gasteiger partial charge in [-0.15, -0.1) is 12.4 Å². The number of piperidine rings is 1. The standard InChI is InChI=1S/C20H29N3O3S.ClH/c1-15-14-22(12-9-21-15)20(24)17-7-10-23(11-8-17)27(25,26)19-6-5-16-3-2-4-18(16)13-19;/h5-6,13,15,17,21H,2-4,7-12,14H2,1H3;1H. The smallest absolute Gasteiger partial charge is 0.243 e. The Labute approximate surface area is 174 Å². The quantitative estimate of drug-likeness (QED) is 0.798. The van der Waals surface area contributed by atoms with Crippen LogP contribution in [0.25, 0.3) is 0 Å². The second-order valence-corrected chi connectivity index (χ2v) is 10.0. The summed E-state index contributed by atoms with van der Waals surface area (Å²) in [5.41, 5.74) is 2.46. The number of amides is 1. The number of nitrogens with one attached hydrogen (secondary N) is 1. The van der Waals surface area contributed by atoms with Crippen molar-refractivity contribution in [1.29, 1.82) is 0 Å². The number of rotatable bonds is 3. The van der Waals surface area contributed by atoms with E-state index in [0.717, 1.165) is 38.9 Å². The lowest BCUT2D eigenvalue weighted by Crippen LogP contribution is -2.54. The van der Waals surface area contributed by atoms with Crippen molar-refractivity contribution in [2.24, 2.45) is 5.92 Å². The van der Waals surface area contributed by atoms with Crippen molar-refractivity contribution < 1.29 is 13.2 Å². The molecule has 1 aromatic carbocycles. The van der Waals surface area contributed by atoms with Crippen LogP contribution in [0.15, 0.2) is 23.1 Å². The number of benzene rings is 1. The zero-order valence-corrected chi connectivity index (χ0v) is 18.0. The van der Waals surface area contributed by atoms with Crippen molar-refractivity contribution in [3.05, 3.63) is 29.3 Å². The lowest BCUT2D eigenvalue weighted by Gasteiger charge is -2.37. The number of fused-ring (bicyclic) bond motifs is 1. The molecule has 1 unspecified atom stereocenters. The predicted molar refractivity (Wildman–Crippen MR) is 111 cm³/mol. The number of hydrogen-bond donors (Lipinski definition) is 1. The van der Waals surface area contributed by atoms with Crippen LogP contribution in [-0.2, 0) is 27.7 Å². The molecule has 1 aliphatic carbocycles. The maximum absolute atomic E-state index is 13.0. The number of piperazine rings is 1. The van der Waals surface area contributed by atoms with Crippen LogP contribution in [0.5, 0.6) is 0 Å². The van der Waals surface area contributed by atoms with Gasteiger partial charge in [-0.2, -0.15) is 4.31 Å². The summed E-state index contributed by atoms with van der Waals surface area (Å²) in [6.45, 7) is 5.27. The van der Waals surface area contributed by atoms with Crippen LogP contribution < -0.4 is 5.32 Å². The maximum atomic E-state index is 13.0. The van der Waals surface area contributed by atoms with Gasteiger partial charge in [-0.3, -0.25) is 4.79 Å². The number of sulfonamides is 1. The molecule has 28 heavy (non-hydrogen) atoms. The first-order valence-corrected chi connectivity index (χ1v) is 11.5. The molecule has 4 rings (SSSR count). The number of aryl methyl sites for hydroxylation is 2. The Hall–Kier alpha value is -1.15. The van der Waals surface area contributed by atoms with Gasteiger partial charge >= 0.3 is 0 Å². The Balaban J connectivity index is 0.00000225. The van der Waals surface area contributed by atoms with Gasteiger partial charge < -0.3 is 10.2 Å². The van der Waals surface area contributed by atoms with Gasteiger partial charge in [-0.05, 0) is 62.3 Å². The van der Waals surface area contributed by atoms with Crippen LogP contribution in [0.4, 0.5) is 0 Å². The highest BCUT2D eigenvalue weighted by molar-refractivity contribution is 7.89. The van der Waals surface area contributed by atoms with Gasteiger partial charge in [0.25, 0.3) is 0 Å². The monoisotopic (exact) mass is 427 g/mol. The Bertz CT molecular complexity index is 822. The van der Waals surface area contributed by atoms with E-state index < -0.39 is 10.0 Å². The Morgan fingerprint density at radius 3 is 2.54 bits per heavy atom.